The molecule has 0 aromatic heterocycles. The van der Waals surface area contributed by atoms with Crippen LogP contribution in [0.1, 0.15) is 52.0 Å². The van der Waals surface area contributed by atoms with Gasteiger partial charge in [0.2, 0.25) is 5.91 Å². The number of alkyl halides is 3. The number of halogens is 3. The Hall–Kier alpha value is -4.34. The van der Waals surface area contributed by atoms with Crippen molar-refractivity contribution >= 4 is 34.8 Å². The van der Waals surface area contributed by atoms with Gasteiger partial charge >= 0.3 is 6.18 Å². The molecule has 204 valence electrons. The van der Waals surface area contributed by atoms with E-state index in [-0.39, 0.29) is 29.6 Å². The van der Waals surface area contributed by atoms with Crippen LogP contribution in [0.25, 0.3) is 0 Å². The monoisotopic (exact) mass is 538 g/mol. The van der Waals surface area contributed by atoms with Gasteiger partial charge in [-0.15, -0.1) is 0 Å². The van der Waals surface area contributed by atoms with Crippen LogP contribution in [0.15, 0.2) is 72.8 Å². The Balaban J connectivity index is 1.33. The lowest BCUT2D eigenvalue weighted by Crippen LogP contribution is -2.31. The normalized spacial score (nSPS) is 13.8. The van der Waals surface area contributed by atoms with Gasteiger partial charge in [0.05, 0.1) is 12.1 Å². The van der Waals surface area contributed by atoms with Gasteiger partial charge < -0.3 is 20.9 Å². The maximum atomic E-state index is 12.9. The minimum absolute atomic E-state index is 0.00465. The minimum atomic E-state index is -4.53. The largest absolute Gasteiger partial charge is 0.416 e. The molecular weight excluding hydrogens is 509 g/mol. The lowest BCUT2D eigenvalue weighted by Gasteiger charge is -2.20. The van der Waals surface area contributed by atoms with Crippen LogP contribution in [-0.4, -0.2) is 42.3 Å². The maximum Gasteiger partial charge on any atom is 0.416 e. The Labute approximate surface area is 224 Å². The number of amides is 3. The van der Waals surface area contributed by atoms with Gasteiger partial charge in [-0.3, -0.25) is 14.4 Å². The second-order valence-electron chi connectivity index (χ2n) is 9.30. The van der Waals surface area contributed by atoms with E-state index in [4.69, 9.17) is 0 Å². The van der Waals surface area contributed by atoms with E-state index in [2.05, 4.69) is 16.0 Å². The summed E-state index contributed by atoms with van der Waals surface area (Å²) in [5.74, 6) is -1.02. The molecule has 3 aromatic rings. The summed E-state index contributed by atoms with van der Waals surface area (Å²) >= 11 is 0. The van der Waals surface area contributed by atoms with Gasteiger partial charge in [0.25, 0.3) is 11.8 Å². The molecule has 4 rings (SSSR count). The molecule has 0 unspecified atom stereocenters. The first-order valence-electron chi connectivity index (χ1n) is 12.7. The summed E-state index contributed by atoms with van der Waals surface area (Å²) in [6, 6.07) is 17.4. The predicted molar refractivity (Wildman–Crippen MR) is 144 cm³/mol. The Kier molecular flexibility index (Phi) is 8.85. The number of benzene rings is 3. The Morgan fingerprint density at radius 3 is 2.00 bits per heavy atom. The van der Waals surface area contributed by atoms with Crippen LogP contribution in [0.5, 0.6) is 0 Å². The van der Waals surface area contributed by atoms with Gasteiger partial charge in [-0.1, -0.05) is 31.0 Å². The third-order valence-corrected chi connectivity index (χ3v) is 6.31. The summed E-state index contributed by atoms with van der Waals surface area (Å²) in [7, 11) is 0. The molecule has 3 aromatic carbocycles. The topological polar surface area (TPSA) is 90.5 Å². The van der Waals surface area contributed by atoms with Crippen LogP contribution in [0.2, 0.25) is 0 Å². The molecule has 3 N–H and O–H groups in total. The quantitative estimate of drug-likeness (QED) is 0.343. The molecule has 7 nitrogen and oxygen atoms in total. The van der Waals surface area contributed by atoms with Crippen molar-refractivity contribution in [2.45, 2.75) is 31.9 Å². The number of nitrogens with zero attached hydrogens (tertiary/aromatic N) is 1. The first kappa shape index (κ1) is 27.7. The number of hydrogen-bond donors (Lipinski definition) is 3. The molecule has 1 heterocycles. The van der Waals surface area contributed by atoms with Crippen LogP contribution in [0, 0.1) is 0 Å². The molecule has 0 radical (unpaired) electrons. The van der Waals surface area contributed by atoms with E-state index in [0.29, 0.717) is 16.9 Å². The first-order valence-corrected chi connectivity index (χ1v) is 12.7. The zero-order valence-electron chi connectivity index (χ0n) is 21.2. The molecular formula is C29H29F3N4O3. The zero-order chi connectivity index (χ0) is 27.8. The van der Waals surface area contributed by atoms with Crippen LogP contribution in [0.3, 0.4) is 0 Å². The number of likely N-dealkylation sites (tertiary alicyclic amines) is 1. The van der Waals surface area contributed by atoms with E-state index in [1.165, 1.54) is 24.3 Å². The summed E-state index contributed by atoms with van der Waals surface area (Å²) in [6.45, 7) is 1.41. The van der Waals surface area contributed by atoms with Crippen molar-refractivity contribution < 1.29 is 27.6 Å². The van der Waals surface area contributed by atoms with Gasteiger partial charge in [-0.2, -0.15) is 13.2 Å². The van der Waals surface area contributed by atoms with Crippen LogP contribution >= 0.6 is 0 Å². The minimum Gasteiger partial charge on any atom is -0.376 e. The van der Waals surface area contributed by atoms with Crippen molar-refractivity contribution in [1.29, 1.82) is 0 Å². The summed E-state index contributed by atoms with van der Waals surface area (Å²) < 4.78 is 38.8. The average Bonchev–Trinajstić information content (AvgIpc) is 3.21. The highest BCUT2D eigenvalue weighted by Gasteiger charge is 2.30. The van der Waals surface area contributed by atoms with Crippen molar-refractivity contribution in [3.05, 3.63) is 89.5 Å². The highest BCUT2D eigenvalue weighted by Crippen LogP contribution is 2.30. The smallest absolute Gasteiger partial charge is 0.376 e. The molecule has 0 saturated carbocycles. The third kappa shape index (κ3) is 7.83. The predicted octanol–water partition coefficient (Wildman–Crippen LogP) is 6.02. The molecule has 0 aliphatic carbocycles. The lowest BCUT2D eigenvalue weighted by atomic mass is 10.1. The molecule has 10 heteroatoms. The molecule has 39 heavy (non-hydrogen) atoms. The summed E-state index contributed by atoms with van der Waals surface area (Å²) in [6.07, 6.45) is -0.272. The van der Waals surface area contributed by atoms with Gasteiger partial charge in [0.15, 0.2) is 0 Å². The molecule has 0 spiro atoms. The highest BCUT2D eigenvalue weighted by atomic mass is 19.4. The number of carbonyl (C=O) groups excluding carboxylic acids is 3. The lowest BCUT2D eigenvalue weighted by molar-refractivity contribution is -0.137. The molecule has 0 bridgehead atoms. The SMILES string of the molecule is O=C(CNc1cccc(C(=O)N2CCCCCC2)c1)Nc1cccc(C(=O)Nc2cccc(C(F)(F)F)c2)c1. The third-order valence-electron chi connectivity index (χ3n) is 6.31. The zero-order valence-corrected chi connectivity index (χ0v) is 21.2. The molecule has 1 aliphatic rings. The van der Waals surface area contributed by atoms with Gasteiger partial charge in [-0.25, -0.2) is 0 Å². The van der Waals surface area contributed by atoms with Crippen LogP contribution < -0.4 is 16.0 Å². The van der Waals surface area contributed by atoms with E-state index in [9.17, 15) is 27.6 Å². The summed E-state index contributed by atoms with van der Waals surface area (Å²) in [5.41, 5.74) is 0.832. The second kappa shape index (κ2) is 12.5. The van der Waals surface area contributed by atoms with Crippen molar-refractivity contribution in [3.8, 4) is 0 Å². The molecule has 1 aliphatic heterocycles. The van der Waals surface area contributed by atoms with E-state index < -0.39 is 17.6 Å². The van der Waals surface area contributed by atoms with Crippen molar-refractivity contribution in [2.75, 3.05) is 35.6 Å². The van der Waals surface area contributed by atoms with Gasteiger partial charge in [0, 0.05) is 41.3 Å². The van der Waals surface area contributed by atoms with E-state index in [1.54, 1.807) is 36.4 Å². The van der Waals surface area contributed by atoms with Crippen LogP contribution in [0.4, 0.5) is 30.2 Å². The first-order chi connectivity index (χ1) is 18.7. The van der Waals surface area contributed by atoms with Crippen molar-refractivity contribution in [3.63, 3.8) is 0 Å². The van der Waals surface area contributed by atoms with Gasteiger partial charge in [0.1, 0.15) is 0 Å². The van der Waals surface area contributed by atoms with E-state index in [1.807, 2.05) is 4.90 Å². The molecule has 1 saturated heterocycles. The Morgan fingerprint density at radius 1 is 0.718 bits per heavy atom. The molecule has 3 amide bonds. The number of carbonyl (C=O) groups is 3. The van der Waals surface area contributed by atoms with E-state index in [0.717, 1.165) is 50.9 Å². The second-order valence-corrected chi connectivity index (χ2v) is 9.30. The fraction of sp³-hybridized carbons (Fsp3) is 0.276. The standard InChI is InChI=1S/C29H29F3N4O3/c30-29(31,32)22-10-7-13-25(18-22)35-27(38)20-8-5-12-24(16-20)34-26(37)19-33-23-11-6-9-21(17-23)28(39)36-14-3-1-2-4-15-36/h5-13,16-18,33H,1-4,14-15,19H2,(H,34,37)(H,35,38). The van der Waals surface area contributed by atoms with Gasteiger partial charge in [-0.05, 0) is 67.4 Å². The van der Waals surface area contributed by atoms with Crippen molar-refractivity contribution in [2.24, 2.45) is 0 Å². The van der Waals surface area contributed by atoms with Crippen molar-refractivity contribution in [1.82, 2.24) is 4.90 Å². The fourth-order valence-electron chi connectivity index (χ4n) is 4.32. The van der Waals surface area contributed by atoms with E-state index >= 15 is 0 Å². The average molecular weight is 539 g/mol. The number of rotatable bonds is 7. The fourth-order valence-corrected chi connectivity index (χ4v) is 4.32. The summed E-state index contributed by atoms with van der Waals surface area (Å²) in [5, 5.41) is 8.14. The number of nitrogens with one attached hydrogen (secondary N) is 3. The highest BCUT2D eigenvalue weighted by molar-refractivity contribution is 6.05. The number of hydrogen-bond acceptors (Lipinski definition) is 4. The summed E-state index contributed by atoms with van der Waals surface area (Å²) in [4.78, 5) is 39.9. The Morgan fingerprint density at radius 2 is 1.31 bits per heavy atom. The number of anilines is 3. The Bertz CT molecular complexity index is 1340. The molecule has 0 atom stereocenters. The maximum absolute atomic E-state index is 12.9. The van der Waals surface area contributed by atoms with Crippen LogP contribution in [-0.2, 0) is 11.0 Å². The molecule has 1 fully saturated rings.